The number of hydrogen-bond acceptors (Lipinski definition) is 7. The first-order chi connectivity index (χ1) is 10.3. The summed E-state index contributed by atoms with van der Waals surface area (Å²) in [4.78, 5) is 0.0579. The van der Waals surface area contributed by atoms with Gasteiger partial charge < -0.3 is 26.6 Å². The maximum absolute atomic E-state index is 5.98. The molecule has 22 heavy (non-hydrogen) atoms. The highest BCUT2D eigenvalue weighted by Crippen LogP contribution is 2.20. The Morgan fingerprint density at radius 1 is 0.727 bits per heavy atom. The van der Waals surface area contributed by atoms with Crippen molar-refractivity contribution >= 4 is 41.8 Å². The number of rotatable bonds is 10. The summed E-state index contributed by atoms with van der Waals surface area (Å²) in [6.07, 6.45) is 1.66. The third kappa shape index (κ3) is 6.75. The molecule has 2 unspecified atom stereocenters. The zero-order valence-corrected chi connectivity index (χ0v) is 18.5. The minimum absolute atomic E-state index is 0.0579. The fraction of sp³-hybridized carbons (Fsp3) is 1.00. The quantitative estimate of drug-likeness (QED) is 0.349. The van der Waals surface area contributed by atoms with Gasteiger partial charge in [0.1, 0.15) is 5.00 Å². The molecule has 136 valence electrons. The molecular weight excluding hydrogens is 364 g/mol. The van der Waals surface area contributed by atoms with Crippen LogP contribution in [0.1, 0.15) is 26.7 Å². The lowest BCUT2D eigenvalue weighted by Crippen LogP contribution is -2.51. The van der Waals surface area contributed by atoms with Gasteiger partial charge >= 0.3 is 17.6 Å². The summed E-state index contributed by atoms with van der Waals surface area (Å²) in [6.45, 7) is 3.99. The second-order valence-electron chi connectivity index (χ2n) is 4.23. The molecule has 0 bridgehead atoms. The summed E-state index contributed by atoms with van der Waals surface area (Å²) in [5.74, 6) is 0. The first-order valence-corrected chi connectivity index (χ1v) is 11.5. The predicted octanol–water partition coefficient (Wildman–Crippen LogP) is 2.53. The SMILES string of the molecule is CCC(Cl)[Si](OC)(OC)OC.CCC(S)[Si](OC)(OC)OC. The third-order valence-electron chi connectivity index (χ3n) is 3.24. The molecule has 0 aliphatic heterocycles. The van der Waals surface area contributed by atoms with Crippen LogP contribution in [0.2, 0.25) is 0 Å². The Labute approximate surface area is 147 Å². The fourth-order valence-electron chi connectivity index (χ4n) is 1.79. The maximum atomic E-state index is 5.98. The van der Waals surface area contributed by atoms with Crippen LogP contribution in [0.3, 0.4) is 0 Å². The van der Waals surface area contributed by atoms with E-state index in [9.17, 15) is 0 Å². The molecule has 0 aromatic heterocycles. The van der Waals surface area contributed by atoms with Crippen molar-refractivity contribution in [2.75, 3.05) is 42.7 Å². The second kappa shape index (κ2) is 13.2. The normalized spacial score (nSPS) is 15.0. The van der Waals surface area contributed by atoms with Gasteiger partial charge in [0, 0.05) is 42.7 Å². The molecule has 0 heterocycles. The van der Waals surface area contributed by atoms with Crippen molar-refractivity contribution in [1.29, 1.82) is 0 Å². The summed E-state index contributed by atoms with van der Waals surface area (Å²) in [7, 11) is 4.45. The monoisotopic (exact) mass is 394 g/mol. The lowest BCUT2D eigenvalue weighted by atomic mass is 10.6. The highest BCUT2D eigenvalue weighted by atomic mass is 35.5. The molecule has 0 radical (unpaired) electrons. The van der Waals surface area contributed by atoms with Gasteiger partial charge in [-0.25, -0.2) is 0 Å². The highest BCUT2D eigenvalue weighted by Gasteiger charge is 2.45. The Morgan fingerprint density at radius 3 is 1.14 bits per heavy atom. The van der Waals surface area contributed by atoms with Crippen molar-refractivity contribution in [3.05, 3.63) is 0 Å². The molecule has 0 amide bonds. The third-order valence-corrected chi connectivity index (χ3v) is 11.5. The Bertz CT molecular complexity index is 227. The number of hydrogen-bond donors (Lipinski definition) is 1. The van der Waals surface area contributed by atoms with E-state index in [-0.39, 0.29) is 9.87 Å². The molecule has 6 nitrogen and oxygen atoms in total. The van der Waals surface area contributed by atoms with E-state index in [1.165, 1.54) is 0 Å². The van der Waals surface area contributed by atoms with E-state index >= 15 is 0 Å². The summed E-state index contributed by atoms with van der Waals surface area (Å²) < 4.78 is 31.1. The lowest BCUT2D eigenvalue weighted by molar-refractivity contribution is 0.120. The Morgan fingerprint density at radius 2 is 1.05 bits per heavy atom. The van der Waals surface area contributed by atoms with Crippen LogP contribution in [0.15, 0.2) is 0 Å². The Kier molecular flexibility index (Phi) is 15.0. The van der Waals surface area contributed by atoms with E-state index in [0.717, 1.165) is 12.8 Å². The molecule has 10 heteroatoms. The van der Waals surface area contributed by atoms with Crippen LogP contribution < -0.4 is 0 Å². The highest BCUT2D eigenvalue weighted by molar-refractivity contribution is 7.83. The summed E-state index contributed by atoms with van der Waals surface area (Å²) >= 11 is 10.3. The summed E-state index contributed by atoms with van der Waals surface area (Å²) in [5.41, 5.74) is 0. The number of alkyl halides is 1. The van der Waals surface area contributed by atoms with E-state index in [2.05, 4.69) is 12.6 Å². The fourth-order valence-corrected chi connectivity index (χ4v) is 7.13. The first kappa shape index (κ1) is 25.1. The van der Waals surface area contributed by atoms with E-state index < -0.39 is 17.6 Å². The molecule has 0 aromatic rings. The summed E-state index contributed by atoms with van der Waals surface area (Å²) in [6, 6.07) is 0. The van der Waals surface area contributed by atoms with Crippen molar-refractivity contribution in [2.24, 2.45) is 0 Å². The number of thiol groups is 1. The Balaban J connectivity index is 0. The van der Waals surface area contributed by atoms with E-state index in [1.807, 2.05) is 13.8 Å². The van der Waals surface area contributed by atoms with Crippen LogP contribution in [-0.2, 0) is 26.6 Å². The molecular formula is C12H31ClO6SSi2. The van der Waals surface area contributed by atoms with Gasteiger partial charge in [-0.05, 0) is 12.8 Å². The van der Waals surface area contributed by atoms with Gasteiger partial charge in [0.2, 0.25) is 0 Å². The van der Waals surface area contributed by atoms with Gasteiger partial charge in [-0.1, -0.05) is 13.8 Å². The van der Waals surface area contributed by atoms with Crippen molar-refractivity contribution in [3.8, 4) is 0 Å². The largest absolute Gasteiger partial charge is 0.518 e. The van der Waals surface area contributed by atoms with E-state index in [4.69, 9.17) is 38.2 Å². The van der Waals surface area contributed by atoms with Crippen LogP contribution in [-0.4, -0.2) is 70.1 Å². The second-order valence-corrected chi connectivity index (χ2v) is 12.5. The topological polar surface area (TPSA) is 55.4 Å². The molecule has 0 aromatic carbocycles. The molecule has 0 spiro atoms. The van der Waals surface area contributed by atoms with Crippen molar-refractivity contribution in [1.82, 2.24) is 0 Å². The van der Waals surface area contributed by atoms with Crippen LogP contribution in [0.25, 0.3) is 0 Å². The Hall–Kier alpha value is 0.834. The van der Waals surface area contributed by atoms with Crippen molar-refractivity contribution in [2.45, 2.75) is 36.6 Å². The average Bonchev–Trinajstić information content (AvgIpc) is 2.59. The number of halogens is 1. The summed E-state index contributed by atoms with van der Waals surface area (Å²) in [5, 5.41) is -0.164. The minimum Gasteiger partial charge on any atom is -0.376 e. The molecule has 0 saturated heterocycles. The smallest absolute Gasteiger partial charge is 0.376 e. The average molecular weight is 395 g/mol. The molecule has 0 saturated carbocycles. The molecule has 2 atom stereocenters. The van der Waals surface area contributed by atoms with E-state index in [1.54, 1.807) is 42.7 Å². The van der Waals surface area contributed by atoms with Gasteiger partial charge in [-0.3, -0.25) is 0 Å². The first-order valence-electron chi connectivity index (χ1n) is 6.96. The van der Waals surface area contributed by atoms with E-state index in [0.29, 0.717) is 0 Å². The molecule has 0 N–H and O–H groups in total. The van der Waals surface area contributed by atoms with Gasteiger partial charge in [0.05, 0.1) is 4.87 Å². The van der Waals surface area contributed by atoms with Crippen molar-refractivity contribution in [3.63, 3.8) is 0 Å². The maximum Gasteiger partial charge on any atom is 0.518 e. The zero-order valence-electron chi connectivity index (χ0n) is 14.8. The van der Waals surface area contributed by atoms with Crippen LogP contribution in [0.4, 0.5) is 0 Å². The molecule has 0 aliphatic carbocycles. The predicted molar refractivity (Wildman–Crippen MR) is 96.6 cm³/mol. The molecule has 0 fully saturated rings. The van der Waals surface area contributed by atoms with Crippen LogP contribution in [0, 0.1) is 0 Å². The standard InChI is InChI=1S/C6H15ClO3Si.C6H16O3SSi/c1-5-6(7)11(8-2,9-3)10-4;1-5-6(10)11(7-2,8-3)9-4/h6H,5H2,1-4H3;6,10H,5H2,1-4H3. The van der Waals surface area contributed by atoms with Crippen LogP contribution in [0.5, 0.6) is 0 Å². The van der Waals surface area contributed by atoms with Gasteiger partial charge in [-0.2, -0.15) is 12.6 Å². The zero-order chi connectivity index (χ0) is 17.8. The van der Waals surface area contributed by atoms with Crippen molar-refractivity contribution < 1.29 is 26.6 Å². The molecule has 0 rings (SSSR count). The molecule has 0 aliphatic rings. The van der Waals surface area contributed by atoms with Gasteiger partial charge in [0.25, 0.3) is 0 Å². The van der Waals surface area contributed by atoms with Gasteiger partial charge in [0.15, 0.2) is 0 Å². The lowest BCUT2D eigenvalue weighted by Gasteiger charge is -2.28. The van der Waals surface area contributed by atoms with Gasteiger partial charge in [-0.15, -0.1) is 11.6 Å². The minimum atomic E-state index is -2.56. The van der Waals surface area contributed by atoms with Crippen LogP contribution >= 0.6 is 24.2 Å².